The normalized spacial score (nSPS) is 16.7. The van der Waals surface area contributed by atoms with Crippen molar-refractivity contribution in [3.63, 3.8) is 0 Å². The van der Waals surface area contributed by atoms with E-state index >= 15 is 4.39 Å². The van der Waals surface area contributed by atoms with E-state index in [2.05, 4.69) is 59.9 Å². The molecule has 15 nitrogen and oxygen atoms in total. The number of nitrogens with two attached hydrogens (primary N) is 1. The van der Waals surface area contributed by atoms with Crippen molar-refractivity contribution in [2.24, 2.45) is 11.7 Å². The molecular weight excluding hydrogens is 850 g/mol. The summed E-state index contributed by atoms with van der Waals surface area (Å²) in [6.45, 7) is 9.21. The van der Waals surface area contributed by atoms with Crippen molar-refractivity contribution in [2.75, 3.05) is 77.7 Å². The van der Waals surface area contributed by atoms with E-state index in [1.165, 1.54) is 19.1 Å². The van der Waals surface area contributed by atoms with Crippen molar-refractivity contribution in [3.05, 3.63) is 131 Å². The van der Waals surface area contributed by atoms with Crippen molar-refractivity contribution in [1.29, 1.82) is 0 Å². The van der Waals surface area contributed by atoms with Crippen LogP contribution in [-0.4, -0.2) is 95.8 Å². The first-order chi connectivity index (χ1) is 32.6. The molecule has 4 aliphatic rings. The number of aromatic nitrogens is 3. The third-order valence-corrected chi connectivity index (χ3v) is 13.5. The quantitative estimate of drug-likeness (QED) is 0.110. The molecule has 0 saturated carbocycles. The number of aryl methyl sites for hydroxylation is 2. The van der Waals surface area contributed by atoms with Gasteiger partial charge in [0.15, 0.2) is 0 Å². The molecule has 5 amide bonds. The van der Waals surface area contributed by atoms with Crippen LogP contribution >= 0.6 is 0 Å². The molecule has 0 spiro atoms. The van der Waals surface area contributed by atoms with Gasteiger partial charge in [0.05, 0.1) is 5.69 Å². The molecule has 0 radical (unpaired) electrons. The molecule has 0 unspecified atom stereocenters. The summed E-state index contributed by atoms with van der Waals surface area (Å²) in [5.74, 6) is -0.798. The Morgan fingerprint density at radius 1 is 0.776 bits per heavy atom. The number of anilines is 6. The number of carbonyl (C=O) groups is 4. The minimum absolute atomic E-state index is 0.0730. The molecule has 4 aliphatic heterocycles. The van der Waals surface area contributed by atoms with E-state index in [1.54, 1.807) is 21.7 Å². The lowest BCUT2D eigenvalue weighted by Crippen LogP contribution is -2.49. The van der Waals surface area contributed by atoms with Crippen LogP contribution < -0.4 is 36.4 Å². The maximum Gasteiger partial charge on any atom is 0.328 e. The number of hydrogen-bond acceptors (Lipinski definition) is 10. The van der Waals surface area contributed by atoms with Gasteiger partial charge in [-0.1, -0.05) is 36.4 Å². The number of amides is 5. The van der Waals surface area contributed by atoms with Crippen LogP contribution in [0.4, 0.5) is 43.6 Å². The van der Waals surface area contributed by atoms with E-state index in [9.17, 15) is 19.2 Å². The van der Waals surface area contributed by atoms with Gasteiger partial charge in [0.1, 0.15) is 28.7 Å². The molecular formula is C51H52FN11O4. The highest BCUT2D eigenvalue weighted by Crippen LogP contribution is 2.38. The monoisotopic (exact) mass is 901 g/mol. The first-order valence-corrected chi connectivity index (χ1v) is 22.9. The number of carbonyl (C=O) groups excluding carboxylic acids is 4. The molecule has 16 heteroatoms. The third kappa shape index (κ3) is 8.91. The van der Waals surface area contributed by atoms with Gasteiger partial charge in [-0.15, -0.1) is 0 Å². The number of benzene rings is 4. The molecule has 3 saturated heterocycles. The van der Waals surface area contributed by atoms with Gasteiger partial charge < -0.3 is 26.2 Å². The molecule has 10 rings (SSSR count). The van der Waals surface area contributed by atoms with E-state index in [0.717, 1.165) is 92.5 Å². The largest absolute Gasteiger partial charge is 0.372 e. The highest BCUT2D eigenvalue weighted by Gasteiger charge is 2.31. The van der Waals surface area contributed by atoms with Crippen LogP contribution in [0.2, 0.25) is 0 Å². The number of fused-ring (bicyclic) bond motifs is 2. The lowest BCUT2D eigenvalue weighted by molar-refractivity contribution is -0.120. The van der Waals surface area contributed by atoms with E-state index in [1.807, 2.05) is 54.6 Å². The molecule has 67 heavy (non-hydrogen) atoms. The maximum atomic E-state index is 16.3. The van der Waals surface area contributed by atoms with Gasteiger partial charge in [-0.05, 0) is 110 Å². The van der Waals surface area contributed by atoms with Crippen LogP contribution in [0, 0.1) is 18.7 Å². The van der Waals surface area contributed by atoms with E-state index in [4.69, 9.17) is 10.8 Å². The molecule has 3 fully saturated rings. The van der Waals surface area contributed by atoms with Gasteiger partial charge in [0.2, 0.25) is 5.91 Å². The molecule has 342 valence electrons. The van der Waals surface area contributed by atoms with E-state index in [-0.39, 0.29) is 39.9 Å². The van der Waals surface area contributed by atoms with E-state index in [0.29, 0.717) is 49.2 Å². The lowest BCUT2D eigenvalue weighted by Gasteiger charge is -2.40. The Hall–Kier alpha value is -7.59. The van der Waals surface area contributed by atoms with Gasteiger partial charge in [-0.3, -0.25) is 29.5 Å². The Labute approximate surface area is 387 Å². The average Bonchev–Trinajstić information content (AvgIpc) is 3.60. The van der Waals surface area contributed by atoms with Gasteiger partial charge in [-0.25, -0.2) is 18.9 Å². The highest BCUT2D eigenvalue weighted by atomic mass is 19.1. The third-order valence-electron chi connectivity index (χ3n) is 13.5. The second-order valence-corrected chi connectivity index (χ2v) is 17.7. The number of urea groups is 1. The zero-order valence-electron chi connectivity index (χ0n) is 37.3. The molecule has 0 bridgehead atoms. The first kappa shape index (κ1) is 43.3. The molecule has 5 N–H and O–H groups in total. The summed E-state index contributed by atoms with van der Waals surface area (Å²) in [6, 6.07) is 32.0. The lowest BCUT2D eigenvalue weighted by atomic mass is 9.95. The standard InChI is InChI=1S/C51H52FN11O4/c1-32-39(50(66)56-43-9-5-8-41(54-43)34-6-3-2-4-7-34)15-16-40(46(32)52)47-45(48(53)65)49-55-42-17-14-38(30-35(42)20-25-63(49)58-47)61-28-26-59(27-29-61)31-33-18-22-60(23-19-33)36-10-12-37(13-11-36)62-24-21-44(64)57-51(62)67/h2-17,30,33,55H,18-29,31H2,1H3,(H2,53,65)(H,54,56,66)(H,57,64,67). The number of piperidine rings is 1. The number of halogens is 1. The van der Waals surface area contributed by atoms with Crippen molar-refractivity contribution < 1.29 is 23.6 Å². The molecule has 6 heterocycles. The Kier molecular flexibility index (Phi) is 11.9. The van der Waals surface area contributed by atoms with Gasteiger partial charge in [0, 0.05) is 105 Å². The second-order valence-electron chi connectivity index (χ2n) is 17.7. The summed E-state index contributed by atoms with van der Waals surface area (Å²) in [5, 5.41) is 13.3. The number of rotatable bonds is 10. The fourth-order valence-electron chi connectivity index (χ4n) is 9.79. The maximum absolute atomic E-state index is 16.3. The smallest absolute Gasteiger partial charge is 0.328 e. The summed E-state index contributed by atoms with van der Waals surface area (Å²) in [5.41, 5.74) is 13.1. The molecule has 0 atom stereocenters. The SMILES string of the molecule is Cc1c(C(=O)Nc2cccc(-c3ccccc3)n2)ccc(-c2nn3c(c2C(N)=O)Nc2ccc(N4CCN(CC5CCN(c6ccc(N7CCC(=O)NC7=O)cc6)CC5)CC4)cc2CC3)c1F. The summed E-state index contributed by atoms with van der Waals surface area (Å²) in [7, 11) is 0. The van der Waals surface area contributed by atoms with Crippen LogP contribution in [0.1, 0.15) is 51.1 Å². The molecule has 2 aromatic heterocycles. The number of pyridine rings is 1. The van der Waals surface area contributed by atoms with Crippen molar-refractivity contribution >= 4 is 58.1 Å². The summed E-state index contributed by atoms with van der Waals surface area (Å²) < 4.78 is 18.0. The fraction of sp³-hybridized carbons (Fsp3) is 0.294. The summed E-state index contributed by atoms with van der Waals surface area (Å²) in [6.07, 6.45) is 3.18. The van der Waals surface area contributed by atoms with Crippen LogP contribution in [0.25, 0.3) is 22.5 Å². The highest BCUT2D eigenvalue weighted by molar-refractivity contribution is 6.07. The number of hydrogen-bond donors (Lipinski definition) is 4. The Morgan fingerprint density at radius 3 is 2.25 bits per heavy atom. The van der Waals surface area contributed by atoms with Crippen molar-refractivity contribution in [3.8, 4) is 22.5 Å². The number of primary amides is 1. The average molecular weight is 902 g/mol. The number of imide groups is 1. The van der Waals surface area contributed by atoms with Gasteiger partial charge in [0.25, 0.3) is 11.8 Å². The number of nitrogens with one attached hydrogen (secondary N) is 3. The number of nitrogens with zero attached hydrogens (tertiary/aromatic N) is 7. The molecule has 6 aromatic rings. The Morgan fingerprint density at radius 2 is 1.51 bits per heavy atom. The van der Waals surface area contributed by atoms with Crippen molar-refractivity contribution in [2.45, 2.75) is 39.2 Å². The van der Waals surface area contributed by atoms with Crippen LogP contribution in [0.15, 0.2) is 103 Å². The van der Waals surface area contributed by atoms with Gasteiger partial charge >= 0.3 is 6.03 Å². The predicted molar refractivity (Wildman–Crippen MR) is 257 cm³/mol. The first-order valence-electron chi connectivity index (χ1n) is 22.9. The van der Waals surface area contributed by atoms with Crippen LogP contribution in [0.5, 0.6) is 0 Å². The fourth-order valence-corrected chi connectivity index (χ4v) is 9.79. The molecule has 0 aliphatic carbocycles. The summed E-state index contributed by atoms with van der Waals surface area (Å²) >= 11 is 0. The summed E-state index contributed by atoms with van der Waals surface area (Å²) in [4.78, 5) is 64.0. The van der Waals surface area contributed by atoms with Crippen LogP contribution in [0.3, 0.4) is 0 Å². The zero-order valence-corrected chi connectivity index (χ0v) is 37.3. The number of piperazine rings is 1. The Balaban J connectivity index is 0.750. The van der Waals surface area contributed by atoms with Crippen LogP contribution in [-0.2, 0) is 17.8 Å². The molecule has 4 aromatic carbocycles. The van der Waals surface area contributed by atoms with Crippen molar-refractivity contribution in [1.82, 2.24) is 25.0 Å². The Bertz CT molecular complexity index is 2870. The minimum atomic E-state index is -0.743. The predicted octanol–water partition coefficient (Wildman–Crippen LogP) is 7.20. The minimum Gasteiger partial charge on any atom is -0.372 e. The van der Waals surface area contributed by atoms with E-state index < -0.39 is 17.6 Å². The zero-order chi connectivity index (χ0) is 46.2. The van der Waals surface area contributed by atoms with Gasteiger partial charge in [-0.2, -0.15) is 5.10 Å². The second kappa shape index (κ2) is 18.4. The topological polar surface area (TPSA) is 174 Å².